The van der Waals surface area contributed by atoms with E-state index in [1.165, 1.54) is 0 Å². The predicted octanol–water partition coefficient (Wildman–Crippen LogP) is 1.49. The van der Waals surface area contributed by atoms with E-state index >= 15 is 0 Å². The molecule has 3 aliphatic heterocycles. The van der Waals surface area contributed by atoms with Crippen LogP contribution in [0, 0.1) is 17.2 Å². The maximum atomic E-state index is 12.9. The monoisotopic (exact) mass is 383 g/mol. The Hall–Kier alpha value is -2.17. The molecule has 28 heavy (non-hydrogen) atoms. The second-order valence-electron chi connectivity index (χ2n) is 8.01. The third-order valence-electron chi connectivity index (χ3n) is 6.31. The number of rotatable bonds is 3. The Balaban J connectivity index is 1.30. The number of hydrogen-bond donors (Lipinski definition) is 0. The predicted molar refractivity (Wildman–Crippen MR) is 106 cm³/mol. The van der Waals surface area contributed by atoms with Crippen LogP contribution in [0.3, 0.4) is 0 Å². The molecule has 1 aromatic heterocycles. The van der Waals surface area contributed by atoms with E-state index in [9.17, 15) is 4.79 Å². The van der Waals surface area contributed by atoms with E-state index in [0.29, 0.717) is 30.7 Å². The van der Waals surface area contributed by atoms with Crippen LogP contribution >= 0.6 is 0 Å². The highest BCUT2D eigenvalue weighted by Gasteiger charge is 2.34. The summed E-state index contributed by atoms with van der Waals surface area (Å²) in [6, 6.07) is 6.44. The number of carbonyl (C=O) groups excluding carboxylic acids is 1. The zero-order valence-electron chi connectivity index (χ0n) is 16.4. The molecule has 0 unspecified atom stereocenters. The van der Waals surface area contributed by atoms with Gasteiger partial charge in [0.05, 0.1) is 24.7 Å². The molecule has 0 radical (unpaired) electrons. The summed E-state index contributed by atoms with van der Waals surface area (Å²) in [5.41, 5.74) is 0.600. The van der Waals surface area contributed by atoms with Crippen LogP contribution in [0.1, 0.15) is 31.2 Å². The van der Waals surface area contributed by atoms with Crippen molar-refractivity contribution in [1.29, 1.82) is 5.26 Å². The minimum Gasteiger partial charge on any atom is -0.378 e. The summed E-state index contributed by atoms with van der Waals surface area (Å²) in [6.07, 6.45) is 5.97. The molecule has 0 saturated carbocycles. The fourth-order valence-electron chi connectivity index (χ4n) is 4.68. The molecule has 0 bridgehead atoms. The average molecular weight is 383 g/mol. The lowest BCUT2D eigenvalue weighted by Gasteiger charge is -2.43. The second kappa shape index (κ2) is 8.89. The Morgan fingerprint density at radius 1 is 1.11 bits per heavy atom. The average Bonchev–Trinajstić information content (AvgIpc) is 2.79. The van der Waals surface area contributed by atoms with Crippen molar-refractivity contribution >= 4 is 11.7 Å². The lowest BCUT2D eigenvalue weighted by molar-refractivity contribution is -0.141. The smallest absolute Gasteiger partial charge is 0.227 e. The van der Waals surface area contributed by atoms with Crippen LogP contribution in [-0.4, -0.2) is 79.2 Å². The van der Waals surface area contributed by atoms with Crippen molar-refractivity contribution in [2.75, 3.05) is 57.4 Å². The number of morpholine rings is 1. The molecule has 4 rings (SSSR count). The Morgan fingerprint density at radius 3 is 2.57 bits per heavy atom. The maximum Gasteiger partial charge on any atom is 0.227 e. The zero-order chi connectivity index (χ0) is 19.3. The molecule has 0 aromatic carbocycles. The summed E-state index contributed by atoms with van der Waals surface area (Å²) in [4.78, 5) is 24.2. The molecule has 3 aliphatic rings. The van der Waals surface area contributed by atoms with E-state index in [4.69, 9.17) is 10.00 Å². The molecule has 0 spiro atoms. The summed E-state index contributed by atoms with van der Waals surface area (Å²) in [6.45, 7) is 6.78. The minimum absolute atomic E-state index is 0.144. The molecule has 3 saturated heterocycles. The Labute approximate surface area is 166 Å². The molecule has 0 aliphatic carbocycles. The van der Waals surface area contributed by atoms with Crippen molar-refractivity contribution in [1.82, 2.24) is 14.8 Å². The number of pyridine rings is 1. The van der Waals surface area contributed by atoms with E-state index < -0.39 is 0 Å². The van der Waals surface area contributed by atoms with Crippen LogP contribution in [0.15, 0.2) is 18.3 Å². The fourth-order valence-corrected chi connectivity index (χ4v) is 4.68. The number of piperidine rings is 2. The third-order valence-corrected chi connectivity index (χ3v) is 6.31. The molecule has 3 fully saturated rings. The van der Waals surface area contributed by atoms with Gasteiger partial charge in [-0.25, -0.2) is 4.98 Å². The number of likely N-dealkylation sites (tertiary alicyclic amines) is 1. The van der Waals surface area contributed by atoms with Gasteiger partial charge in [0.15, 0.2) is 0 Å². The highest BCUT2D eigenvalue weighted by Crippen LogP contribution is 2.26. The first-order chi connectivity index (χ1) is 13.7. The van der Waals surface area contributed by atoms with Gasteiger partial charge in [0.25, 0.3) is 0 Å². The number of carbonyl (C=O) groups is 1. The molecule has 1 aromatic rings. The third kappa shape index (κ3) is 4.29. The van der Waals surface area contributed by atoms with Gasteiger partial charge in [-0.2, -0.15) is 5.26 Å². The van der Waals surface area contributed by atoms with Gasteiger partial charge in [0.1, 0.15) is 11.9 Å². The number of aromatic nitrogens is 1. The number of nitriles is 1. The van der Waals surface area contributed by atoms with Crippen LogP contribution in [0.2, 0.25) is 0 Å². The molecule has 7 nitrogen and oxygen atoms in total. The number of hydrogen-bond acceptors (Lipinski definition) is 6. The number of anilines is 1. The Bertz CT molecular complexity index is 703. The number of nitrogens with zero attached hydrogens (tertiary/aromatic N) is 5. The first kappa shape index (κ1) is 19.2. The van der Waals surface area contributed by atoms with Crippen molar-refractivity contribution in [2.24, 2.45) is 5.92 Å². The zero-order valence-corrected chi connectivity index (χ0v) is 16.4. The van der Waals surface area contributed by atoms with Gasteiger partial charge in [0.2, 0.25) is 5.91 Å². The summed E-state index contributed by atoms with van der Waals surface area (Å²) in [5, 5.41) is 8.92. The highest BCUT2D eigenvalue weighted by molar-refractivity contribution is 5.79. The minimum atomic E-state index is 0.144. The first-order valence-corrected chi connectivity index (χ1v) is 10.5. The lowest BCUT2D eigenvalue weighted by Crippen LogP contribution is -2.52. The van der Waals surface area contributed by atoms with Gasteiger partial charge < -0.3 is 14.5 Å². The molecule has 1 atom stereocenters. The quantitative estimate of drug-likeness (QED) is 0.788. The van der Waals surface area contributed by atoms with Crippen molar-refractivity contribution in [3.63, 3.8) is 0 Å². The van der Waals surface area contributed by atoms with Gasteiger partial charge in [-0.05, 0) is 44.4 Å². The van der Waals surface area contributed by atoms with Crippen molar-refractivity contribution in [2.45, 2.75) is 31.7 Å². The standard InChI is InChI=1S/C21H29N5O2/c22-14-17-3-4-20(23-15-17)24-8-5-19(6-9-24)26-7-1-2-18(16-26)21(27)25-10-12-28-13-11-25/h3-4,15,18-19H,1-2,5-13,16H2/t18-/m0/s1. The number of amides is 1. The SMILES string of the molecule is N#Cc1ccc(N2CCC(N3CCC[C@H](C(=O)N4CCOCC4)C3)CC2)nc1. The van der Waals surface area contributed by atoms with Gasteiger partial charge in [0, 0.05) is 45.0 Å². The number of ether oxygens (including phenoxy) is 1. The van der Waals surface area contributed by atoms with Crippen LogP contribution in [0.5, 0.6) is 0 Å². The van der Waals surface area contributed by atoms with E-state index in [0.717, 1.165) is 70.8 Å². The molecular formula is C21H29N5O2. The lowest BCUT2D eigenvalue weighted by atomic mass is 9.92. The fraction of sp³-hybridized carbons (Fsp3) is 0.667. The summed E-state index contributed by atoms with van der Waals surface area (Å²) >= 11 is 0. The van der Waals surface area contributed by atoms with Gasteiger partial charge in [-0.1, -0.05) is 0 Å². The van der Waals surface area contributed by atoms with E-state index in [1.807, 2.05) is 17.0 Å². The van der Waals surface area contributed by atoms with Gasteiger partial charge in [-0.15, -0.1) is 0 Å². The second-order valence-corrected chi connectivity index (χ2v) is 8.01. The van der Waals surface area contributed by atoms with Crippen LogP contribution in [-0.2, 0) is 9.53 Å². The van der Waals surface area contributed by atoms with E-state index in [-0.39, 0.29) is 5.92 Å². The molecule has 150 valence electrons. The summed E-state index contributed by atoms with van der Waals surface area (Å²) in [5.74, 6) is 1.42. The van der Waals surface area contributed by atoms with Gasteiger partial charge >= 0.3 is 0 Å². The molecule has 4 heterocycles. The summed E-state index contributed by atoms with van der Waals surface area (Å²) < 4.78 is 5.38. The van der Waals surface area contributed by atoms with Crippen LogP contribution in [0.4, 0.5) is 5.82 Å². The molecule has 7 heteroatoms. The highest BCUT2D eigenvalue weighted by atomic mass is 16.5. The normalized spacial score (nSPS) is 24.8. The Kier molecular flexibility index (Phi) is 6.08. The Morgan fingerprint density at radius 2 is 1.89 bits per heavy atom. The van der Waals surface area contributed by atoms with Crippen molar-refractivity contribution in [3.05, 3.63) is 23.9 Å². The topological polar surface area (TPSA) is 72.7 Å². The molecule has 1 amide bonds. The maximum absolute atomic E-state index is 12.9. The van der Waals surface area contributed by atoms with Crippen LogP contribution < -0.4 is 4.90 Å². The molecule has 0 N–H and O–H groups in total. The van der Waals surface area contributed by atoms with Gasteiger partial charge in [-0.3, -0.25) is 9.69 Å². The largest absolute Gasteiger partial charge is 0.378 e. The molecular weight excluding hydrogens is 354 g/mol. The van der Waals surface area contributed by atoms with Crippen LogP contribution in [0.25, 0.3) is 0 Å². The summed E-state index contributed by atoms with van der Waals surface area (Å²) in [7, 11) is 0. The van der Waals surface area contributed by atoms with E-state index in [1.54, 1.807) is 6.20 Å². The van der Waals surface area contributed by atoms with Crippen molar-refractivity contribution in [3.8, 4) is 6.07 Å². The van der Waals surface area contributed by atoms with E-state index in [2.05, 4.69) is 20.9 Å². The van der Waals surface area contributed by atoms with Crippen molar-refractivity contribution < 1.29 is 9.53 Å². The first-order valence-electron chi connectivity index (χ1n) is 10.5.